The Morgan fingerprint density at radius 2 is 2.36 bits per heavy atom. The molecule has 4 nitrogen and oxygen atoms in total. The van der Waals surface area contributed by atoms with Gasteiger partial charge >= 0.3 is 5.97 Å². The lowest BCUT2D eigenvalue weighted by atomic mass is 10.3. The van der Waals surface area contributed by atoms with Crippen molar-refractivity contribution in [2.45, 2.75) is 19.3 Å². The molecule has 0 bridgehead atoms. The number of hydroxylamine groups is 2. The maximum Gasteiger partial charge on any atom is 0.304 e. The zero-order chi connectivity index (χ0) is 8.10. The summed E-state index contributed by atoms with van der Waals surface area (Å²) in [6.07, 6.45) is 2.36. The van der Waals surface area contributed by atoms with Gasteiger partial charge in [-0.25, -0.2) is 0 Å². The minimum atomic E-state index is -0.765. The fourth-order valence-electron chi connectivity index (χ4n) is 1.05. The number of rotatable bonds is 3. The van der Waals surface area contributed by atoms with E-state index in [1.807, 2.05) is 0 Å². The number of nitrogens with zero attached hydrogens (tertiary/aromatic N) is 1. The summed E-state index contributed by atoms with van der Waals surface area (Å²) in [4.78, 5) is 15.4. The zero-order valence-corrected chi connectivity index (χ0v) is 6.45. The second-order valence-corrected chi connectivity index (χ2v) is 2.61. The smallest absolute Gasteiger partial charge is 0.304 e. The van der Waals surface area contributed by atoms with Crippen LogP contribution in [0.5, 0.6) is 0 Å². The van der Waals surface area contributed by atoms with E-state index in [0.29, 0.717) is 6.54 Å². The van der Waals surface area contributed by atoms with E-state index in [9.17, 15) is 4.79 Å². The van der Waals surface area contributed by atoms with E-state index in [1.54, 1.807) is 5.06 Å². The van der Waals surface area contributed by atoms with Gasteiger partial charge in [0.15, 0.2) is 0 Å². The Hall–Kier alpha value is -0.610. The highest BCUT2D eigenvalue weighted by Crippen LogP contribution is 2.05. The summed E-state index contributed by atoms with van der Waals surface area (Å²) in [5.74, 6) is -0.765. The molecule has 0 aromatic carbocycles. The van der Waals surface area contributed by atoms with Crippen LogP contribution >= 0.6 is 0 Å². The third-order valence-electron chi connectivity index (χ3n) is 1.65. The molecule has 0 aromatic heterocycles. The minimum absolute atomic E-state index is 0.167. The molecule has 0 aromatic rings. The normalized spacial score (nSPS) is 20.0. The Kier molecular flexibility index (Phi) is 3.32. The van der Waals surface area contributed by atoms with E-state index in [1.165, 1.54) is 0 Å². The molecule has 0 aliphatic carbocycles. The molecule has 1 aliphatic heterocycles. The van der Waals surface area contributed by atoms with Gasteiger partial charge in [0.05, 0.1) is 13.0 Å². The average Bonchev–Trinajstić information content (AvgIpc) is 2.03. The van der Waals surface area contributed by atoms with Gasteiger partial charge in [0.1, 0.15) is 0 Å². The molecule has 0 spiro atoms. The van der Waals surface area contributed by atoms with E-state index in [2.05, 4.69) is 0 Å². The number of carboxylic acid groups (broad SMARTS) is 1. The van der Waals surface area contributed by atoms with Gasteiger partial charge in [-0.2, -0.15) is 5.06 Å². The lowest BCUT2D eigenvalue weighted by Crippen LogP contribution is -2.31. The average molecular weight is 159 g/mol. The molecule has 0 atom stereocenters. The summed E-state index contributed by atoms with van der Waals surface area (Å²) >= 11 is 0. The maximum absolute atomic E-state index is 10.2. The highest BCUT2D eigenvalue weighted by molar-refractivity contribution is 5.66. The highest BCUT2D eigenvalue weighted by atomic mass is 16.7. The van der Waals surface area contributed by atoms with Crippen LogP contribution in [0.2, 0.25) is 0 Å². The summed E-state index contributed by atoms with van der Waals surface area (Å²) < 4.78 is 0. The first-order chi connectivity index (χ1) is 5.29. The summed E-state index contributed by atoms with van der Waals surface area (Å²) in [5, 5.41) is 10.1. The molecule has 11 heavy (non-hydrogen) atoms. The fourth-order valence-corrected chi connectivity index (χ4v) is 1.05. The van der Waals surface area contributed by atoms with Crippen LogP contribution in [0.3, 0.4) is 0 Å². The number of aliphatic carboxylic acids is 1. The van der Waals surface area contributed by atoms with Crippen LogP contribution < -0.4 is 0 Å². The molecule has 1 fully saturated rings. The van der Waals surface area contributed by atoms with Crippen molar-refractivity contribution in [3.05, 3.63) is 0 Å². The molecular weight excluding hydrogens is 146 g/mol. The molecule has 1 aliphatic rings. The lowest BCUT2D eigenvalue weighted by Gasteiger charge is -2.24. The van der Waals surface area contributed by atoms with Gasteiger partial charge in [-0.3, -0.25) is 9.63 Å². The third-order valence-corrected chi connectivity index (χ3v) is 1.65. The van der Waals surface area contributed by atoms with Crippen LogP contribution in [0.25, 0.3) is 0 Å². The lowest BCUT2D eigenvalue weighted by molar-refractivity contribution is -0.183. The SMILES string of the molecule is O=C(O)CCN1CCCCO1. The van der Waals surface area contributed by atoms with Crippen molar-refractivity contribution in [1.29, 1.82) is 0 Å². The molecule has 0 radical (unpaired) electrons. The van der Waals surface area contributed by atoms with Crippen LogP contribution in [-0.2, 0) is 9.63 Å². The van der Waals surface area contributed by atoms with Crippen molar-refractivity contribution in [2.24, 2.45) is 0 Å². The number of hydrogen-bond donors (Lipinski definition) is 1. The second kappa shape index (κ2) is 4.31. The maximum atomic E-state index is 10.2. The Morgan fingerprint density at radius 1 is 1.55 bits per heavy atom. The molecule has 1 N–H and O–H groups in total. The molecule has 0 unspecified atom stereocenters. The van der Waals surface area contributed by atoms with E-state index in [0.717, 1.165) is 26.0 Å². The van der Waals surface area contributed by atoms with Gasteiger partial charge in [0.2, 0.25) is 0 Å². The Bertz CT molecular complexity index is 132. The summed E-state index contributed by atoms with van der Waals surface area (Å²) in [7, 11) is 0. The molecule has 1 saturated heterocycles. The zero-order valence-electron chi connectivity index (χ0n) is 6.45. The van der Waals surface area contributed by atoms with Crippen molar-refractivity contribution in [3.8, 4) is 0 Å². The molecule has 0 saturated carbocycles. The first kappa shape index (κ1) is 8.49. The summed E-state index contributed by atoms with van der Waals surface area (Å²) in [5.41, 5.74) is 0. The van der Waals surface area contributed by atoms with E-state index >= 15 is 0 Å². The van der Waals surface area contributed by atoms with Gasteiger partial charge < -0.3 is 5.11 Å². The summed E-state index contributed by atoms with van der Waals surface area (Å²) in [6.45, 7) is 2.11. The van der Waals surface area contributed by atoms with E-state index < -0.39 is 5.97 Å². The fraction of sp³-hybridized carbons (Fsp3) is 0.857. The van der Waals surface area contributed by atoms with Gasteiger partial charge in [0, 0.05) is 13.1 Å². The Labute approximate surface area is 65.7 Å². The number of carbonyl (C=O) groups is 1. The van der Waals surface area contributed by atoms with Crippen LogP contribution in [0.15, 0.2) is 0 Å². The largest absolute Gasteiger partial charge is 0.481 e. The van der Waals surface area contributed by atoms with Crippen LogP contribution in [0, 0.1) is 0 Å². The molecule has 1 heterocycles. The second-order valence-electron chi connectivity index (χ2n) is 2.61. The Balaban J connectivity index is 2.09. The van der Waals surface area contributed by atoms with Crippen LogP contribution in [0.4, 0.5) is 0 Å². The highest BCUT2D eigenvalue weighted by Gasteiger charge is 2.11. The third kappa shape index (κ3) is 3.34. The van der Waals surface area contributed by atoms with Crippen molar-refractivity contribution in [2.75, 3.05) is 19.7 Å². The van der Waals surface area contributed by atoms with E-state index in [-0.39, 0.29) is 6.42 Å². The molecule has 4 heteroatoms. The van der Waals surface area contributed by atoms with Crippen molar-refractivity contribution < 1.29 is 14.7 Å². The summed E-state index contributed by atoms with van der Waals surface area (Å²) in [6, 6.07) is 0. The molecular formula is C7H13NO3. The molecule has 64 valence electrons. The van der Waals surface area contributed by atoms with Gasteiger partial charge in [-0.05, 0) is 12.8 Å². The first-order valence-electron chi connectivity index (χ1n) is 3.88. The molecule has 0 amide bonds. The Morgan fingerprint density at radius 3 is 2.91 bits per heavy atom. The number of hydrogen-bond acceptors (Lipinski definition) is 3. The first-order valence-corrected chi connectivity index (χ1v) is 3.88. The monoisotopic (exact) mass is 159 g/mol. The van der Waals surface area contributed by atoms with Gasteiger partial charge in [0.25, 0.3) is 0 Å². The van der Waals surface area contributed by atoms with Crippen LogP contribution in [0.1, 0.15) is 19.3 Å². The quantitative estimate of drug-likeness (QED) is 0.651. The predicted octanol–water partition coefficient (Wildman–Crippen LogP) is 0.488. The predicted molar refractivity (Wildman–Crippen MR) is 39.0 cm³/mol. The van der Waals surface area contributed by atoms with Crippen LogP contribution in [-0.4, -0.2) is 35.8 Å². The minimum Gasteiger partial charge on any atom is -0.481 e. The number of carboxylic acids is 1. The van der Waals surface area contributed by atoms with Crippen molar-refractivity contribution in [3.63, 3.8) is 0 Å². The van der Waals surface area contributed by atoms with Gasteiger partial charge in [-0.15, -0.1) is 0 Å². The molecule has 1 rings (SSSR count). The van der Waals surface area contributed by atoms with Gasteiger partial charge in [-0.1, -0.05) is 0 Å². The van der Waals surface area contributed by atoms with Crippen molar-refractivity contribution in [1.82, 2.24) is 5.06 Å². The topological polar surface area (TPSA) is 49.8 Å². The standard InChI is InChI=1S/C7H13NO3/c9-7(10)3-5-8-4-1-2-6-11-8/h1-6H2,(H,9,10). The van der Waals surface area contributed by atoms with Crippen molar-refractivity contribution >= 4 is 5.97 Å². The van der Waals surface area contributed by atoms with E-state index in [4.69, 9.17) is 9.94 Å².